The number of rotatable bonds is 2. The van der Waals surface area contributed by atoms with E-state index in [0.29, 0.717) is 24.2 Å². The molecule has 0 amide bonds. The first kappa shape index (κ1) is 19.2. The van der Waals surface area contributed by atoms with Gasteiger partial charge in [0.1, 0.15) is 10.4 Å². The first-order valence-electron chi connectivity index (χ1n) is 9.74. The van der Waals surface area contributed by atoms with Crippen molar-refractivity contribution in [3.8, 4) is 0 Å². The third kappa shape index (κ3) is 2.47. The Labute approximate surface area is 171 Å². The van der Waals surface area contributed by atoms with E-state index in [4.69, 9.17) is 39.5 Å². The zero-order chi connectivity index (χ0) is 18.7. The molecule has 0 N–H and O–H groups in total. The van der Waals surface area contributed by atoms with Gasteiger partial charge in [0.15, 0.2) is 0 Å². The lowest BCUT2D eigenvalue weighted by atomic mass is 9.48. The van der Waals surface area contributed by atoms with Gasteiger partial charge in [-0.3, -0.25) is 4.79 Å². The number of allylic oxidation sites excluding steroid dienone is 2. The van der Waals surface area contributed by atoms with Crippen LogP contribution in [-0.2, 0) is 9.53 Å². The normalized spacial score (nSPS) is 48.2. The molecule has 0 spiro atoms. The highest BCUT2D eigenvalue weighted by atomic mass is 35.5. The Morgan fingerprint density at radius 2 is 1.92 bits per heavy atom. The number of alkyl halides is 2. The fourth-order valence-electron chi connectivity index (χ4n) is 6.75. The van der Waals surface area contributed by atoms with E-state index in [9.17, 15) is 4.79 Å². The van der Waals surface area contributed by atoms with Gasteiger partial charge in [0.05, 0.1) is 0 Å². The minimum Gasteiger partial charge on any atom is -0.464 e. The molecule has 4 rings (SSSR count). The quantitative estimate of drug-likeness (QED) is 0.295. The third-order valence-corrected chi connectivity index (χ3v) is 10.0. The SMILES string of the molecule is C[C@]12CC[C@H](OC=O)CC1=CC[C@@H]1[C@@H]2CC[C@@]2(C)[C@H]1C/C(=C\Cl)C2(Cl)Cl. The molecule has 3 fully saturated rings. The van der Waals surface area contributed by atoms with Gasteiger partial charge in [0.2, 0.25) is 0 Å². The summed E-state index contributed by atoms with van der Waals surface area (Å²) in [5.74, 6) is 1.72. The molecule has 144 valence electrons. The van der Waals surface area contributed by atoms with Gasteiger partial charge in [-0.15, -0.1) is 0 Å². The molecule has 0 aromatic rings. The molecular formula is C21H27Cl3O2. The van der Waals surface area contributed by atoms with Crippen molar-refractivity contribution in [2.24, 2.45) is 28.6 Å². The molecule has 3 saturated carbocycles. The fourth-order valence-corrected chi connectivity index (χ4v) is 7.85. The molecule has 4 aliphatic rings. The molecule has 0 saturated heterocycles. The molecule has 5 heteroatoms. The van der Waals surface area contributed by atoms with Crippen LogP contribution in [0.15, 0.2) is 22.8 Å². The summed E-state index contributed by atoms with van der Waals surface area (Å²) in [7, 11) is 0. The van der Waals surface area contributed by atoms with E-state index < -0.39 is 4.33 Å². The van der Waals surface area contributed by atoms with Crippen molar-refractivity contribution in [3.63, 3.8) is 0 Å². The molecule has 2 nitrogen and oxygen atoms in total. The zero-order valence-electron chi connectivity index (χ0n) is 15.4. The van der Waals surface area contributed by atoms with Gasteiger partial charge >= 0.3 is 0 Å². The van der Waals surface area contributed by atoms with Gasteiger partial charge in [0.25, 0.3) is 6.47 Å². The molecule has 0 aromatic carbocycles. The fraction of sp³-hybridized carbons (Fsp3) is 0.762. The average Bonchev–Trinajstić information content (AvgIpc) is 2.81. The van der Waals surface area contributed by atoms with Crippen LogP contribution >= 0.6 is 34.8 Å². The van der Waals surface area contributed by atoms with Gasteiger partial charge in [0, 0.05) is 17.4 Å². The first-order valence-corrected chi connectivity index (χ1v) is 10.9. The lowest BCUT2D eigenvalue weighted by molar-refractivity contribution is -0.135. The minimum atomic E-state index is -0.856. The highest BCUT2D eigenvalue weighted by Crippen LogP contribution is 2.70. The van der Waals surface area contributed by atoms with Crippen LogP contribution in [0.2, 0.25) is 0 Å². The Morgan fingerprint density at radius 1 is 1.15 bits per heavy atom. The molecule has 0 unspecified atom stereocenters. The summed E-state index contributed by atoms with van der Waals surface area (Å²) in [5.41, 5.74) is 4.19. The van der Waals surface area contributed by atoms with E-state index in [2.05, 4.69) is 19.9 Å². The van der Waals surface area contributed by atoms with Crippen LogP contribution in [-0.4, -0.2) is 16.9 Å². The van der Waals surface area contributed by atoms with Crippen molar-refractivity contribution in [3.05, 3.63) is 22.8 Å². The summed E-state index contributed by atoms with van der Waals surface area (Å²) < 4.78 is 4.42. The zero-order valence-corrected chi connectivity index (χ0v) is 17.7. The first-order chi connectivity index (χ1) is 12.3. The maximum absolute atomic E-state index is 10.7. The van der Waals surface area contributed by atoms with Crippen molar-refractivity contribution in [2.45, 2.75) is 69.2 Å². The van der Waals surface area contributed by atoms with Crippen molar-refractivity contribution in [1.82, 2.24) is 0 Å². The predicted octanol–water partition coefficient (Wildman–Crippen LogP) is 6.40. The molecule has 0 bridgehead atoms. The second-order valence-electron chi connectivity index (χ2n) is 9.23. The molecule has 0 aliphatic heterocycles. The number of hydrogen-bond acceptors (Lipinski definition) is 2. The van der Waals surface area contributed by atoms with Crippen LogP contribution in [0, 0.1) is 28.6 Å². The predicted molar refractivity (Wildman–Crippen MR) is 106 cm³/mol. The van der Waals surface area contributed by atoms with E-state index in [0.717, 1.165) is 50.5 Å². The van der Waals surface area contributed by atoms with Crippen molar-refractivity contribution >= 4 is 41.3 Å². The second-order valence-corrected chi connectivity index (χ2v) is 10.8. The lowest BCUT2D eigenvalue weighted by Crippen LogP contribution is -2.52. The topological polar surface area (TPSA) is 26.3 Å². The van der Waals surface area contributed by atoms with Gasteiger partial charge in [-0.2, -0.15) is 0 Å². The highest BCUT2D eigenvalue weighted by molar-refractivity contribution is 6.51. The molecule has 0 radical (unpaired) electrons. The Hall–Kier alpha value is -0.180. The largest absolute Gasteiger partial charge is 0.464 e. The van der Waals surface area contributed by atoms with E-state index in [-0.39, 0.29) is 16.9 Å². The van der Waals surface area contributed by atoms with E-state index in [1.807, 2.05) is 0 Å². The average molecular weight is 418 g/mol. The summed E-state index contributed by atoms with van der Waals surface area (Å²) in [5, 5.41) is 0. The molecular weight excluding hydrogens is 391 g/mol. The van der Waals surface area contributed by atoms with Gasteiger partial charge < -0.3 is 4.74 Å². The molecule has 4 aliphatic carbocycles. The van der Waals surface area contributed by atoms with Gasteiger partial charge in [-0.05, 0) is 67.3 Å². The number of halogens is 3. The standard InChI is InChI=1S/C21H27Cl3O2/c1-19-7-5-15(26-12-25)9-13(19)3-4-16-17(19)6-8-20(2)18(16)10-14(11-22)21(20,23)24/h3,11-12,15-18H,4-10H2,1-2H3/b14-11+/t15-,16+,17-,18-,19-,20-/m0/s1. The van der Waals surface area contributed by atoms with Gasteiger partial charge in [-0.1, -0.05) is 60.3 Å². The maximum Gasteiger partial charge on any atom is 0.293 e. The highest BCUT2D eigenvalue weighted by Gasteiger charge is 2.65. The Morgan fingerprint density at radius 3 is 2.62 bits per heavy atom. The summed E-state index contributed by atoms with van der Waals surface area (Å²) in [4.78, 5) is 10.7. The number of hydrogen-bond donors (Lipinski definition) is 0. The Balaban J connectivity index is 1.66. The minimum absolute atomic E-state index is 0.0489. The van der Waals surface area contributed by atoms with Crippen molar-refractivity contribution in [1.29, 1.82) is 0 Å². The third-order valence-electron chi connectivity index (χ3n) is 8.39. The van der Waals surface area contributed by atoms with Crippen LogP contribution in [0.1, 0.15) is 58.8 Å². The van der Waals surface area contributed by atoms with E-state index >= 15 is 0 Å². The summed E-state index contributed by atoms with van der Waals surface area (Å²) >= 11 is 19.8. The van der Waals surface area contributed by atoms with Crippen LogP contribution in [0.25, 0.3) is 0 Å². The lowest BCUT2D eigenvalue weighted by Gasteiger charge is -2.58. The number of carbonyl (C=O) groups is 1. The number of fused-ring (bicyclic) bond motifs is 5. The Bertz CT molecular complexity index is 670. The molecule has 0 aromatic heterocycles. The summed E-state index contributed by atoms with van der Waals surface area (Å²) in [6.45, 7) is 5.29. The van der Waals surface area contributed by atoms with E-state index in [1.54, 1.807) is 5.54 Å². The van der Waals surface area contributed by atoms with Crippen molar-refractivity contribution < 1.29 is 9.53 Å². The number of carbonyl (C=O) groups excluding carboxylic acids is 1. The molecule has 6 atom stereocenters. The maximum atomic E-state index is 10.7. The monoisotopic (exact) mass is 416 g/mol. The summed E-state index contributed by atoms with van der Waals surface area (Å²) in [6, 6.07) is 0. The van der Waals surface area contributed by atoms with Gasteiger partial charge in [-0.25, -0.2) is 0 Å². The second kappa shape index (κ2) is 6.42. The molecule has 26 heavy (non-hydrogen) atoms. The van der Waals surface area contributed by atoms with Crippen LogP contribution < -0.4 is 0 Å². The van der Waals surface area contributed by atoms with Crippen molar-refractivity contribution in [2.75, 3.05) is 0 Å². The Kier molecular flexibility index (Phi) is 4.73. The molecule has 0 heterocycles. The number of ether oxygens (including phenoxy) is 1. The summed E-state index contributed by atoms with van der Waals surface area (Å²) in [6.07, 6.45) is 9.59. The smallest absolute Gasteiger partial charge is 0.293 e. The van der Waals surface area contributed by atoms with Crippen LogP contribution in [0.3, 0.4) is 0 Å². The van der Waals surface area contributed by atoms with Crippen LogP contribution in [0.5, 0.6) is 0 Å². The van der Waals surface area contributed by atoms with Crippen LogP contribution in [0.4, 0.5) is 0 Å². The van der Waals surface area contributed by atoms with E-state index in [1.165, 1.54) is 5.57 Å².